The molecular weight excluding hydrogens is 274 g/mol. The highest BCUT2D eigenvalue weighted by Crippen LogP contribution is 2.16. The molecule has 0 saturated heterocycles. The maximum Gasteiger partial charge on any atom is 0.205 e. The van der Waals surface area contributed by atoms with Gasteiger partial charge in [0.05, 0.1) is 11.7 Å². The Kier molecular flexibility index (Phi) is 3.85. The normalized spacial score (nSPS) is 12.1. The van der Waals surface area contributed by atoms with Crippen molar-refractivity contribution in [2.24, 2.45) is 5.73 Å². The van der Waals surface area contributed by atoms with Crippen LogP contribution in [0.25, 0.3) is 5.69 Å². The molecule has 1 aromatic heterocycles. The number of benzene rings is 2. The minimum absolute atomic E-state index is 0.138. The Bertz CT molecular complexity index is 826. The summed E-state index contributed by atoms with van der Waals surface area (Å²) in [5.41, 5.74) is 9.00. The van der Waals surface area contributed by atoms with E-state index in [-0.39, 0.29) is 5.43 Å². The number of nitrogens with zero attached hydrogens (tertiary/aromatic N) is 2. The van der Waals surface area contributed by atoms with Gasteiger partial charge in [0.25, 0.3) is 0 Å². The van der Waals surface area contributed by atoms with Crippen LogP contribution in [0.5, 0.6) is 0 Å². The zero-order valence-electron chi connectivity index (χ0n) is 12.3. The molecule has 0 spiro atoms. The first-order valence-electron chi connectivity index (χ1n) is 7.13. The standard InChI is InChI=1S/C18H17N3O/c1-13-12-16(22)18(17(19)14-8-4-2-5-9-14)20-21(13)15-10-6-3-7-11-15/h2-12,17H,19H2,1H3. The van der Waals surface area contributed by atoms with Crippen molar-refractivity contribution in [3.05, 3.63) is 93.9 Å². The maximum atomic E-state index is 12.3. The fourth-order valence-corrected chi connectivity index (χ4v) is 2.42. The lowest BCUT2D eigenvalue weighted by molar-refractivity contribution is 0.708. The van der Waals surface area contributed by atoms with E-state index in [4.69, 9.17) is 5.73 Å². The fraction of sp³-hybridized carbons (Fsp3) is 0.111. The van der Waals surface area contributed by atoms with Crippen LogP contribution in [0, 0.1) is 6.92 Å². The van der Waals surface area contributed by atoms with Gasteiger partial charge in [0.2, 0.25) is 5.43 Å². The van der Waals surface area contributed by atoms with E-state index in [1.807, 2.05) is 67.6 Å². The van der Waals surface area contributed by atoms with Crippen LogP contribution in [0.2, 0.25) is 0 Å². The van der Waals surface area contributed by atoms with Gasteiger partial charge in [0.1, 0.15) is 5.69 Å². The van der Waals surface area contributed by atoms with Crippen LogP contribution in [0.3, 0.4) is 0 Å². The first kappa shape index (κ1) is 14.2. The predicted molar refractivity (Wildman–Crippen MR) is 87.0 cm³/mol. The number of aryl methyl sites for hydroxylation is 1. The average molecular weight is 291 g/mol. The van der Waals surface area contributed by atoms with Crippen LogP contribution in [0.1, 0.15) is 23.0 Å². The van der Waals surface area contributed by atoms with E-state index in [2.05, 4.69) is 5.10 Å². The quantitative estimate of drug-likeness (QED) is 0.807. The topological polar surface area (TPSA) is 60.9 Å². The van der Waals surface area contributed by atoms with Gasteiger partial charge in [0, 0.05) is 11.8 Å². The van der Waals surface area contributed by atoms with Gasteiger partial charge in [-0.05, 0) is 24.6 Å². The van der Waals surface area contributed by atoms with Crippen molar-refractivity contribution in [1.82, 2.24) is 9.78 Å². The summed E-state index contributed by atoms with van der Waals surface area (Å²) in [6.07, 6.45) is 0. The summed E-state index contributed by atoms with van der Waals surface area (Å²) >= 11 is 0. The fourth-order valence-electron chi connectivity index (χ4n) is 2.42. The van der Waals surface area contributed by atoms with Gasteiger partial charge in [-0.15, -0.1) is 0 Å². The minimum atomic E-state index is -0.538. The van der Waals surface area contributed by atoms with Crippen molar-refractivity contribution in [3.8, 4) is 5.69 Å². The van der Waals surface area contributed by atoms with Gasteiger partial charge in [-0.3, -0.25) is 4.79 Å². The molecule has 1 atom stereocenters. The zero-order valence-corrected chi connectivity index (χ0v) is 12.3. The molecule has 22 heavy (non-hydrogen) atoms. The predicted octanol–water partition coefficient (Wildman–Crippen LogP) is 2.59. The van der Waals surface area contributed by atoms with Gasteiger partial charge in [0.15, 0.2) is 0 Å². The highest BCUT2D eigenvalue weighted by molar-refractivity contribution is 5.34. The molecule has 0 amide bonds. The van der Waals surface area contributed by atoms with E-state index in [0.717, 1.165) is 16.9 Å². The van der Waals surface area contributed by atoms with Crippen LogP contribution in [0.4, 0.5) is 0 Å². The molecule has 1 heterocycles. The number of hydrogen-bond donors (Lipinski definition) is 1. The highest BCUT2D eigenvalue weighted by atomic mass is 16.1. The third-order valence-electron chi connectivity index (χ3n) is 3.59. The molecule has 2 N–H and O–H groups in total. The highest BCUT2D eigenvalue weighted by Gasteiger charge is 2.16. The van der Waals surface area contributed by atoms with Gasteiger partial charge < -0.3 is 5.73 Å². The Labute approximate surface area is 128 Å². The molecule has 3 aromatic rings. The van der Waals surface area contributed by atoms with Gasteiger partial charge in [-0.2, -0.15) is 5.10 Å². The van der Waals surface area contributed by atoms with Gasteiger partial charge in [-0.1, -0.05) is 48.5 Å². The second-order valence-electron chi connectivity index (χ2n) is 5.17. The first-order valence-corrected chi connectivity index (χ1v) is 7.13. The molecule has 0 aliphatic heterocycles. The molecule has 3 rings (SSSR count). The summed E-state index contributed by atoms with van der Waals surface area (Å²) in [6.45, 7) is 1.86. The second-order valence-corrected chi connectivity index (χ2v) is 5.17. The van der Waals surface area contributed by atoms with Crippen LogP contribution < -0.4 is 11.2 Å². The van der Waals surface area contributed by atoms with E-state index >= 15 is 0 Å². The third kappa shape index (κ3) is 2.69. The monoisotopic (exact) mass is 291 g/mol. The molecule has 0 bridgehead atoms. The minimum Gasteiger partial charge on any atom is -0.319 e. The zero-order chi connectivity index (χ0) is 15.5. The molecule has 4 heteroatoms. The molecule has 0 radical (unpaired) electrons. The largest absolute Gasteiger partial charge is 0.319 e. The van der Waals surface area contributed by atoms with Gasteiger partial charge in [-0.25, -0.2) is 4.68 Å². The number of rotatable bonds is 3. The summed E-state index contributed by atoms with van der Waals surface area (Å²) in [5, 5.41) is 4.50. The van der Waals surface area contributed by atoms with Crippen LogP contribution in [-0.4, -0.2) is 9.78 Å². The molecule has 0 fully saturated rings. The van der Waals surface area contributed by atoms with Crippen LogP contribution in [-0.2, 0) is 0 Å². The third-order valence-corrected chi connectivity index (χ3v) is 3.59. The molecule has 2 aromatic carbocycles. The van der Waals surface area contributed by atoms with Crippen LogP contribution in [0.15, 0.2) is 71.5 Å². The summed E-state index contributed by atoms with van der Waals surface area (Å²) in [4.78, 5) is 12.3. The molecular formula is C18H17N3O. The Morgan fingerprint density at radius 2 is 1.59 bits per heavy atom. The SMILES string of the molecule is Cc1cc(=O)c(C(N)c2ccccc2)nn1-c1ccccc1. The van der Waals surface area contributed by atoms with Gasteiger partial charge >= 0.3 is 0 Å². The number of hydrogen-bond acceptors (Lipinski definition) is 3. The summed E-state index contributed by atoms with van der Waals surface area (Å²) < 4.78 is 1.75. The van der Waals surface area contributed by atoms with Crippen molar-refractivity contribution in [3.63, 3.8) is 0 Å². The lowest BCUT2D eigenvalue weighted by atomic mass is 10.0. The number of nitrogens with two attached hydrogens (primary N) is 1. The van der Waals surface area contributed by atoms with E-state index in [1.165, 1.54) is 0 Å². The van der Waals surface area contributed by atoms with Crippen molar-refractivity contribution < 1.29 is 0 Å². The molecule has 110 valence electrons. The summed E-state index contributed by atoms with van der Waals surface area (Å²) in [6, 6.07) is 20.3. The van der Waals surface area contributed by atoms with Crippen molar-refractivity contribution in [2.45, 2.75) is 13.0 Å². The van der Waals surface area contributed by atoms with Crippen molar-refractivity contribution in [2.75, 3.05) is 0 Å². The average Bonchev–Trinajstić information content (AvgIpc) is 2.56. The summed E-state index contributed by atoms with van der Waals surface area (Å²) in [7, 11) is 0. The Balaban J connectivity index is 2.11. The smallest absolute Gasteiger partial charge is 0.205 e. The Morgan fingerprint density at radius 1 is 1.00 bits per heavy atom. The number of aromatic nitrogens is 2. The first-order chi connectivity index (χ1) is 10.7. The van der Waals surface area contributed by atoms with E-state index in [1.54, 1.807) is 10.7 Å². The van der Waals surface area contributed by atoms with Crippen molar-refractivity contribution in [1.29, 1.82) is 0 Å². The molecule has 0 aliphatic rings. The van der Waals surface area contributed by atoms with E-state index in [0.29, 0.717) is 5.69 Å². The van der Waals surface area contributed by atoms with E-state index < -0.39 is 6.04 Å². The lowest BCUT2D eigenvalue weighted by Crippen LogP contribution is -2.26. The van der Waals surface area contributed by atoms with E-state index in [9.17, 15) is 4.79 Å². The summed E-state index contributed by atoms with van der Waals surface area (Å²) in [5.74, 6) is 0. The Morgan fingerprint density at radius 3 is 2.23 bits per heavy atom. The van der Waals surface area contributed by atoms with Crippen LogP contribution >= 0.6 is 0 Å². The molecule has 1 unspecified atom stereocenters. The molecule has 0 aliphatic carbocycles. The second kappa shape index (κ2) is 5.95. The van der Waals surface area contributed by atoms with Crippen molar-refractivity contribution >= 4 is 0 Å². The number of para-hydroxylation sites is 1. The molecule has 4 nitrogen and oxygen atoms in total. The molecule has 0 saturated carbocycles. The Hall–Kier alpha value is -2.72. The lowest BCUT2D eigenvalue weighted by Gasteiger charge is -2.15. The maximum absolute atomic E-state index is 12.3.